The molecule has 0 bridgehead atoms. The Kier molecular flexibility index (Phi) is 4.11. The van der Waals surface area contributed by atoms with E-state index < -0.39 is 5.60 Å². The standard InChI is InChI=1S/C14H27NO2/c1-2-12-4-3-5-13(10-12,11-15)14(16)6-8-17-9-7-14/h12,16H,2-11,15H2,1H3. The van der Waals surface area contributed by atoms with E-state index in [0.29, 0.717) is 19.8 Å². The van der Waals surface area contributed by atoms with Crippen LogP contribution in [0.3, 0.4) is 0 Å². The summed E-state index contributed by atoms with van der Waals surface area (Å²) in [5.41, 5.74) is 5.45. The summed E-state index contributed by atoms with van der Waals surface area (Å²) in [7, 11) is 0. The maximum atomic E-state index is 11.0. The lowest BCUT2D eigenvalue weighted by Gasteiger charge is -2.52. The van der Waals surface area contributed by atoms with E-state index in [2.05, 4.69) is 6.92 Å². The van der Waals surface area contributed by atoms with Crippen molar-refractivity contribution in [3.8, 4) is 0 Å². The molecule has 100 valence electrons. The molecular weight excluding hydrogens is 214 g/mol. The van der Waals surface area contributed by atoms with Gasteiger partial charge in [0.2, 0.25) is 0 Å². The Morgan fingerprint density at radius 3 is 2.59 bits per heavy atom. The van der Waals surface area contributed by atoms with E-state index in [4.69, 9.17) is 10.5 Å². The zero-order chi connectivity index (χ0) is 12.4. The van der Waals surface area contributed by atoms with Gasteiger partial charge in [0.1, 0.15) is 0 Å². The average Bonchev–Trinajstić information content (AvgIpc) is 2.39. The summed E-state index contributed by atoms with van der Waals surface area (Å²) in [5.74, 6) is 0.749. The Morgan fingerprint density at radius 2 is 2.00 bits per heavy atom. The quantitative estimate of drug-likeness (QED) is 0.795. The Hall–Kier alpha value is -0.120. The van der Waals surface area contributed by atoms with E-state index >= 15 is 0 Å². The second-order valence-electron chi connectivity index (χ2n) is 6.00. The molecule has 2 rings (SSSR count). The van der Waals surface area contributed by atoms with Crippen LogP contribution >= 0.6 is 0 Å². The van der Waals surface area contributed by atoms with Crippen LogP contribution in [-0.2, 0) is 4.74 Å². The van der Waals surface area contributed by atoms with Gasteiger partial charge in [0.25, 0.3) is 0 Å². The molecule has 3 nitrogen and oxygen atoms in total. The Morgan fingerprint density at radius 1 is 1.29 bits per heavy atom. The van der Waals surface area contributed by atoms with Crippen molar-refractivity contribution >= 4 is 0 Å². The molecule has 2 unspecified atom stereocenters. The van der Waals surface area contributed by atoms with Gasteiger partial charge in [-0.15, -0.1) is 0 Å². The lowest BCUT2D eigenvalue weighted by Crippen LogP contribution is -2.57. The molecule has 2 aliphatic rings. The molecule has 0 aromatic rings. The van der Waals surface area contributed by atoms with Crippen LogP contribution in [-0.4, -0.2) is 30.5 Å². The number of hydrogen-bond acceptors (Lipinski definition) is 3. The number of ether oxygens (including phenoxy) is 1. The molecule has 3 N–H and O–H groups in total. The molecule has 0 amide bonds. The molecule has 1 heterocycles. The molecule has 1 saturated carbocycles. The van der Waals surface area contributed by atoms with Crippen LogP contribution in [0.25, 0.3) is 0 Å². The van der Waals surface area contributed by atoms with E-state index in [1.54, 1.807) is 0 Å². The summed E-state index contributed by atoms with van der Waals surface area (Å²) in [5, 5.41) is 11.0. The number of nitrogens with two attached hydrogens (primary N) is 1. The summed E-state index contributed by atoms with van der Waals surface area (Å²) < 4.78 is 5.40. The molecule has 1 aliphatic heterocycles. The fourth-order valence-electron chi connectivity index (χ4n) is 3.87. The largest absolute Gasteiger partial charge is 0.389 e. The van der Waals surface area contributed by atoms with E-state index in [0.717, 1.165) is 31.6 Å². The van der Waals surface area contributed by atoms with Crippen molar-refractivity contribution in [3.05, 3.63) is 0 Å². The van der Waals surface area contributed by atoms with Gasteiger partial charge >= 0.3 is 0 Å². The lowest BCUT2D eigenvalue weighted by atomic mass is 9.58. The molecule has 0 aromatic carbocycles. The van der Waals surface area contributed by atoms with E-state index in [9.17, 15) is 5.11 Å². The number of aliphatic hydroxyl groups is 1. The third-order valence-electron chi connectivity index (χ3n) is 5.22. The van der Waals surface area contributed by atoms with Crippen LogP contribution in [0, 0.1) is 11.3 Å². The Bertz CT molecular complexity index is 251. The van der Waals surface area contributed by atoms with Gasteiger partial charge < -0.3 is 15.6 Å². The summed E-state index contributed by atoms with van der Waals surface area (Å²) in [6, 6.07) is 0. The van der Waals surface area contributed by atoms with Crippen LogP contribution in [0.5, 0.6) is 0 Å². The van der Waals surface area contributed by atoms with Gasteiger partial charge in [-0.2, -0.15) is 0 Å². The smallest absolute Gasteiger partial charge is 0.0759 e. The van der Waals surface area contributed by atoms with Crippen molar-refractivity contribution in [2.75, 3.05) is 19.8 Å². The summed E-state index contributed by atoms with van der Waals surface area (Å²) in [6.07, 6.45) is 7.48. The van der Waals surface area contributed by atoms with Crippen molar-refractivity contribution in [2.45, 2.75) is 57.5 Å². The maximum Gasteiger partial charge on any atom is 0.0759 e. The minimum Gasteiger partial charge on any atom is -0.389 e. The Labute approximate surface area is 105 Å². The van der Waals surface area contributed by atoms with Crippen LogP contribution in [0.15, 0.2) is 0 Å². The van der Waals surface area contributed by atoms with Gasteiger partial charge in [0.05, 0.1) is 5.60 Å². The van der Waals surface area contributed by atoms with Crippen molar-refractivity contribution in [1.82, 2.24) is 0 Å². The first kappa shape index (κ1) is 13.3. The molecule has 2 fully saturated rings. The predicted octanol–water partition coefficient (Wildman–Crippen LogP) is 2.07. The highest BCUT2D eigenvalue weighted by molar-refractivity contribution is 5.03. The van der Waals surface area contributed by atoms with E-state index in [1.807, 2.05) is 0 Å². The van der Waals surface area contributed by atoms with Gasteiger partial charge in [0.15, 0.2) is 0 Å². The second-order valence-corrected chi connectivity index (χ2v) is 6.00. The molecule has 0 spiro atoms. The van der Waals surface area contributed by atoms with Gasteiger partial charge in [-0.3, -0.25) is 0 Å². The highest BCUT2D eigenvalue weighted by atomic mass is 16.5. The molecule has 0 radical (unpaired) electrons. The zero-order valence-corrected chi connectivity index (χ0v) is 11.1. The topological polar surface area (TPSA) is 55.5 Å². The van der Waals surface area contributed by atoms with Crippen molar-refractivity contribution in [2.24, 2.45) is 17.1 Å². The summed E-state index contributed by atoms with van der Waals surface area (Å²) in [6.45, 7) is 4.26. The maximum absolute atomic E-state index is 11.0. The highest BCUT2D eigenvalue weighted by Gasteiger charge is 2.51. The van der Waals surface area contributed by atoms with Gasteiger partial charge in [0, 0.05) is 38.0 Å². The lowest BCUT2D eigenvalue weighted by molar-refractivity contribution is -0.159. The first-order valence-electron chi connectivity index (χ1n) is 7.16. The minimum atomic E-state index is -0.576. The molecule has 3 heteroatoms. The molecule has 1 aliphatic carbocycles. The average molecular weight is 241 g/mol. The predicted molar refractivity (Wildman–Crippen MR) is 68.7 cm³/mol. The molecule has 17 heavy (non-hydrogen) atoms. The first-order valence-corrected chi connectivity index (χ1v) is 7.16. The fourth-order valence-corrected chi connectivity index (χ4v) is 3.87. The Balaban J connectivity index is 2.16. The number of hydrogen-bond donors (Lipinski definition) is 2. The summed E-state index contributed by atoms with van der Waals surface area (Å²) >= 11 is 0. The van der Waals surface area contributed by atoms with Crippen LogP contribution in [0.1, 0.15) is 51.9 Å². The van der Waals surface area contributed by atoms with E-state index in [-0.39, 0.29) is 5.41 Å². The van der Waals surface area contributed by atoms with Crippen molar-refractivity contribution < 1.29 is 9.84 Å². The van der Waals surface area contributed by atoms with Crippen molar-refractivity contribution in [1.29, 1.82) is 0 Å². The molecular formula is C14H27NO2. The number of rotatable bonds is 3. The molecule has 1 saturated heterocycles. The van der Waals surface area contributed by atoms with Gasteiger partial charge in [-0.05, 0) is 18.8 Å². The van der Waals surface area contributed by atoms with Crippen molar-refractivity contribution in [3.63, 3.8) is 0 Å². The SMILES string of the molecule is CCC1CCCC(CN)(C2(O)CCOCC2)C1. The molecule has 2 atom stereocenters. The third kappa shape index (κ3) is 2.38. The van der Waals surface area contributed by atoms with E-state index in [1.165, 1.54) is 19.3 Å². The second kappa shape index (κ2) is 5.25. The van der Waals surface area contributed by atoms with Gasteiger partial charge in [-0.25, -0.2) is 0 Å². The minimum absolute atomic E-state index is 0.0459. The zero-order valence-electron chi connectivity index (χ0n) is 11.1. The fraction of sp³-hybridized carbons (Fsp3) is 1.00. The third-order valence-corrected chi connectivity index (χ3v) is 5.22. The first-order chi connectivity index (χ1) is 8.16. The normalized spacial score (nSPS) is 37.9. The monoisotopic (exact) mass is 241 g/mol. The summed E-state index contributed by atoms with van der Waals surface area (Å²) in [4.78, 5) is 0. The van der Waals surface area contributed by atoms with Gasteiger partial charge in [-0.1, -0.05) is 26.2 Å². The highest BCUT2D eigenvalue weighted by Crippen LogP contribution is 2.50. The molecule has 0 aromatic heterocycles. The van der Waals surface area contributed by atoms with Crippen LogP contribution < -0.4 is 5.73 Å². The van der Waals surface area contributed by atoms with Crippen LogP contribution in [0.2, 0.25) is 0 Å². The van der Waals surface area contributed by atoms with Crippen LogP contribution in [0.4, 0.5) is 0 Å².